The molecule has 0 saturated carbocycles. The number of piperazine rings is 1. The Balaban J connectivity index is 1.69. The van der Waals surface area contributed by atoms with Crippen molar-refractivity contribution in [1.82, 2.24) is 14.7 Å². The van der Waals surface area contributed by atoms with E-state index in [1.807, 2.05) is 64.4 Å². The fourth-order valence-electron chi connectivity index (χ4n) is 4.92. The van der Waals surface area contributed by atoms with E-state index in [-0.39, 0.29) is 17.9 Å². The lowest BCUT2D eigenvalue weighted by Gasteiger charge is -2.44. The zero-order chi connectivity index (χ0) is 23.2. The first kappa shape index (κ1) is 23.4. The van der Waals surface area contributed by atoms with E-state index in [2.05, 4.69) is 4.90 Å². The molecule has 2 aromatic carbocycles. The molecule has 2 amide bonds. The number of fused-ring (bicyclic) bond motifs is 1. The molecule has 2 aromatic rings. The van der Waals surface area contributed by atoms with Gasteiger partial charge in [0.2, 0.25) is 5.91 Å². The number of hydrogen-bond acceptors (Lipinski definition) is 5. The van der Waals surface area contributed by atoms with Gasteiger partial charge in [-0.2, -0.15) is 0 Å². The fourth-order valence-corrected chi connectivity index (χ4v) is 4.92. The van der Waals surface area contributed by atoms with E-state index in [0.29, 0.717) is 38.4 Å². The Bertz CT molecular complexity index is 944. The van der Waals surface area contributed by atoms with Gasteiger partial charge in [0, 0.05) is 59.1 Å². The van der Waals surface area contributed by atoms with Gasteiger partial charge in [-0.3, -0.25) is 14.5 Å². The summed E-state index contributed by atoms with van der Waals surface area (Å²) in [5.41, 5.74) is 2.39. The summed E-state index contributed by atoms with van der Waals surface area (Å²) in [5.74, 6) is -0.425. The van der Waals surface area contributed by atoms with Crippen LogP contribution >= 0.6 is 0 Å². The maximum atomic E-state index is 14.1. The van der Waals surface area contributed by atoms with Crippen LogP contribution in [0.2, 0.25) is 0 Å². The number of methoxy groups -OCH3 is 2. The summed E-state index contributed by atoms with van der Waals surface area (Å²) < 4.78 is 10.5. The van der Waals surface area contributed by atoms with Gasteiger partial charge in [-0.1, -0.05) is 48.5 Å². The van der Waals surface area contributed by atoms with Crippen LogP contribution in [0.4, 0.5) is 0 Å². The predicted octanol–water partition coefficient (Wildman–Crippen LogP) is 2.40. The second-order valence-corrected chi connectivity index (χ2v) is 8.57. The number of nitrogens with zero attached hydrogens (tertiary/aromatic N) is 3. The summed E-state index contributed by atoms with van der Waals surface area (Å²) in [6.45, 7) is 5.41. The maximum Gasteiger partial charge on any atom is 0.254 e. The predicted molar refractivity (Wildman–Crippen MR) is 126 cm³/mol. The topological polar surface area (TPSA) is 62.3 Å². The molecular weight excluding hydrogens is 418 g/mol. The Morgan fingerprint density at radius 3 is 2.21 bits per heavy atom. The minimum Gasteiger partial charge on any atom is -0.383 e. The number of carbonyl (C=O) groups excluding carboxylic acids is 2. The average molecular weight is 452 g/mol. The Hall–Kier alpha value is -2.74. The summed E-state index contributed by atoms with van der Waals surface area (Å²) >= 11 is 0. The standard InChI is InChI=1S/C26H33N3O4/c1-32-18-16-27-12-14-28(15-13-27)26(31)23-21-10-6-7-11-22(21)25(30)29(17-19-33-2)24(23)20-8-4-3-5-9-20/h3-11,23-24H,12-19H2,1-2H3/t23-,24+/m0/s1. The van der Waals surface area contributed by atoms with Gasteiger partial charge in [0.05, 0.1) is 25.2 Å². The first-order chi connectivity index (χ1) is 16.2. The SMILES string of the molecule is COCCN1CCN(C(=O)[C@H]2c3ccccc3C(=O)N(CCOC)[C@@H]2c2ccccc2)CC1. The van der Waals surface area contributed by atoms with Crippen molar-refractivity contribution in [2.75, 3.05) is 66.7 Å². The van der Waals surface area contributed by atoms with Crippen molar-refractivity contribution >= 4 is 11.8 Å². The molecule has 7 nitrogen and oxygen atoms in total. The van der Waals surface area contributed by atoms with Crippen molar-refractivity contribution in [3.63, 3.8) is 0 Å². The second kappa shape index (κ2) is 10.9. The number of rotatable bonds is 8. The van der Waals surface area contributed by atoms with E-state index in [1.54, 1.807) is 14.2 Å². The Morgan fingerprint density at radius 2 is 1.52 bits per heavy atom. The maximum absolute atomic E-state index is 14.1. The normalized spacial score (nSPS) is 21.2. The highest BCUT2D eigenvalue weighted by atomic mass is 16.5. The van der Waals surface area contributed by atoms with Gasteiger partial charge in [0.15, 0.2) is 0 Å². The molecule has 176 valence electrons. The van der Waals surface area contributed by atoms with E-state index in [4.69, 9.17) is 9.47 Å². The molecule has 1 saturated heterocycles. The van der Waals surface area contributed by atoms with Crippen LogP contribution in [-0.4, -0.2) is 93.2 Å². The summed E-state index contributed by atoms with van der Waals surface area (Å²) in [6.07, 6.45) is 0. The monoisotopic (exact) mass is 451 g/mol. The van der Waals surface area contributed by atoms with Gasteiger partial charge in [-0.15, -0.1) is 0 Å². The Kier molecular flexibility index (Phi) is 7.75. The van der Waals surface area contributed by atoms with E-state index in [1.165, 1.54) is 0 Å². The molecule has 4 rings (SSSR count). The van der Waals surface area contributed by atoms with Crippen molar-refractivity contribution in [3.05, 3.63) is 71.3 Å². The van der Waals surface area contributed by atoms with Crippen LogP contribution in [0.3, 0.4) is 0 Å². The lowest BCUT2D eigenvalue weighted by atomic mass is 9.78. The van der Waals surface area contributed by atoms with Crippen LogP contribution in [0.15, 0.2) is 54.6 Å². The summed E-state index contributed by atoms with van der Waals surface area (Å²) in [6, 6.07) is 17.1. The van der Waals surface area contributed by atoms with Crippen molar-refractivity contribution in [2.24, 2.45) is 0 Å². The van der Waals surface area contributed by atoms with Crippen LogP contribution < -0.4 is 0 Å². The van der Waals surface area contributed by atoms with Gasteiger partial charge in [0.25, 0.3) is 5.91 Å². The molecule has 0 N–H and O–H groups in total. The molecule has 2 heterocycles. The number of carbonyl (C=O) groups is 2. The Morgan fingerprint density at radius 1 is 0.879 bits per heavy atom. The quantitative estimate of drug-likeness (QED) is 0.617. The highest BCUT2D eigenvalue weighted by molar-refractivity contribution is 6.01. The van der Waals surface area contributed by atoms with Crippen molar-refractivity contribution in [3.8, 4) is 0 Å². The minimum absolute atomic E-state index is 0.0510. The van der Waals surface area contributed by atoms with Gasteiger partial charge in [0.1, 0.15) is 0 Å². The molecule has 2 atom stereocenters. The third-order valence-corrected chi connectivity index (χ3v) is 6.68. The molecule has 33 heavy (non-hydrogen) atoms. The third-order valence-electron chi connectivity index (χ3n) is 6.68. The first-order valence-corrected chi connectivity index (χ1v) is 11.6. The van der Waals surface area contributed by atoms with Crippen LogP contribution in [0.1, 0.15) is 33.4 Å². The minimum atomic E-state index is -0.455. The number of benzene rings is 2. The van der Waals surface area contributed by atoms with Gasteiger partial charge in [-0.05, 0) is 17.2 Å². The largest absolute Gasteiger partial charge is 0.383 e. The molecular formula is C26H33N3O4. The van der Waals surface area contributed by atoms with Crippen LogP contribution in [0.5, 0.6) is 0 Å². The first-order valence-electron chi connectivity index (χ1n) is 11.6. The number of hydrogen-bond donors (Lipinski definition) is 0. The Labute approximate surface area is 195 Å². The molecule has 0 aromatic heterocycles. The summed E-state index contributed by atoms with van der Waals surface area (Å²) in [5, 5.41) is 0. The van der Waals surface area contributed by atoms with E-state index in [9.17, 15) is 9.59 Å². The van der Waals surface area contributed by atoms with Crippen molar-refractivity contribution in [2.45, 2.75) is 12.0 Å². The summed E-state index contributed by atoms with van der Waals surface area (Å²) in [7, 11) is 3.34. The molecule has 0 unspecified atom stereocenters. The van der Waals surface area contributed by atoms with E-state index >= 15 is 0 Å². The number of ether oxygens (including phenoxy) is 2. The molecule has 0 radical (unpaired) electrons. The van der Waals surface area contributed by atoms with Gasteiger partial charge < -0.3 is 19.3 Å². The third kappa shape index (κ3) is 4.95. The average Bonchev–Trinajstić information content (AvgIpc) is 2.87. The molecule has 2 aliphatic rings. The van der Waals surface area contributed by atoms with Crippen molar-refractivity contribution < 1.29 is 19.1 Å². The molecule has 0 bridgehead atoms. The molecule has 1 fully saturated rings. The van der Waals surface area contributed by atoms with E-state index in [0.717, 1.165) is 30.8 Å². The van der Waals surface area contributed by atoms with Gasteiger partial charge >= 0.3 is 0 Å². The molecule has 2 aliphatic heterocycles. The molecule has 7 heteroatoms. The van der Waals surface area contributed by atoms with Gasteiger partial charge in [-0.25, -0.2) is 0 Å². The molecule has 0 aliphatic carbocycles. The number of amides is 2. The molecule has 0 spiro atoms. The zero-order valence-electron chi connectivity index (χ0n) is 19.5. The smallest absolute Gasteiger partial charge is 0.254 e. The zero-order valence-corrected chi connectivity index (χ0v) is 19.5. The lowest BCUT2D eigenvalue weighted by molar-refractivity contribution is -0.136. The van der Waals surface area contributed by atoms with E-state index < -0.39 is 5.92 Å². The van der Waals surface area contributed by atoms with Crippen LogP contribution in [-0.2, 0) is 14.3 Å². The highest BCUT2D eigenvalue weighted by Gasteiger charge is 2.45. The summed E-state index contributed by atoms with van der Waals surface area (Å²) in [4.78, 5) is 33.7. The highest BCUT2D eigenvalue weighted by Crippen LogP contribution is 2.43. The fraction of sp³-hybridized carbons (Fsp3) is 0.462. The van der Waals surface area contributed by atoms with Crippen LogP contribution in [0.25, 0.3) is 0 Å². The van der Waals surface area contributed by atoms with Crippen molar-refractivity contribution in [1.29, 1.82) is 0 Å². The lowest BCUT2D eigenvalue weighted by Crippen LogP contribution is -2.54. The van der Waals surface area contributed by atoms with Crippen LogP contribution in [0, 0.1) is 0 Å². The second-order valence-electron chi connectivity index (χ2n) is 8.57.